The van der Waals surface area contributed by atoms with Crippen molar-refractivity contribution < 1.29 is 13.9 Å². The van der Waals surface area contributed by atoms with Gasteiger partial charge in [-0.15, -0.1) is 0 Å². The number of amides is 1. The predicted octanol–water partition coefficient (Wildman–Crippen LogP) is 4.61. The molecule has 0 aromatic heterocycles. The molecule has 30 heavy (non-hydrogen) atoms. The number of anilines is 1. The zero-order chi connectivity index (χ0) is 21.1. The normalized spacial score (nSPS) is 11.8. The SMILES string of the molecule is Cc1cc(F)c(C#CCNC(=O)OCC2c3ccccc3-c3ccccc32)cc1N. The van der Waals surface area contributed by atoms with E-state index >= 15 is 0 Å². The molecule has 0 fully saturated rings. The summed E-state index contributed by atoms with van der Waals surface area (Å²) in [7, 11) is 0. The maximum atomic E-state index is 13.9. The van der Waals surface area contributed by atoms with Gasteiger partial charge in [0.2, 0.25) is 0 Å². The molecule has 0 radical (unpaired) electrons. The number of benzene rings is 3. The average molecular weight is 400 g/mol. The molecule has 3 aromatic carbocycles. The number of rotatable bonds is 3. The summed E-state index contributed by atoms with van der Waals surface area (Å²) in [5.41, 5.74) is 11.8. The third-order valence-corrected chi connectivity index (χ3v) is 5.24. The van der Waals surface area contributed by atoms with Crippen molar-refractivity contribution in [3.63, 3.8) is 0 Å². The maximum Gasteiger partial charge on any atom is 0.407 e. The molecule has 4 nitrogen and oxygen atoms in total. The lowest BCUT2D eigenvalue weighted by Gasteiger charge is -2.14. The van der Waals surface area contributed by atoms with Gasteiger partial charge in [-0.3, -0.25) is 0 Å². The Morgan fingerprint density at radius 1 is 1.10 bits per heavy atom. The number of halogens is 1. The third kappa shape index (κ3) is 3.85. The molecule has 0 spiro atoms. The number of nitrogens with one attached hydrogen (secondary N) is 1. The highest BCUT2D eigenvalue weighted by Crippen LogP contribution is 2.44. The van der Waals surface area contributed by atoms with Gasteiger partial charge in [0.25, 0.3) is 0 Å². The summed E-state index contributed by atoms with van der Waals surface area (Å²) in [6.45, 7) is 2.01. The lowest BCUT2D eigenvalue weighted by atomic mass is 9.98. The molecule has 150 valence electrons. The third-order valence-electron chi connectivity index (χ3n) is 5.24. The van der Waals surface area contributed by atoms with Crippen molar-refractivity contribution in [1.29, 1.82) is 0 Å². The second-order valence-corrected chi connectivity index (χ2v) is 7.17. The van der Waals surface area contributed by atoms with Gasteiger partial charge in [-0.1, -0.05) is 60.4 Å². The Morgan fingerprint density at radius 2 is 1.73 bits per heavy atom. The first kappa shape index (κ1) is 19.5. The fourth-order valence-corrected chi connectivity index (χ4v) is 3.69. The molecule has 0 bridgehead atoms. The van der Waals surface area contributed by atoms with Gasteiger partial charge >= 0.3 is 6.09 Å². The molecule has 1 amide bonds. The summed E-state index contributed by atoms with van der Waals surface area (Å²) in [5, 5.41) is 2.58. The standard InChI is InChI=1S/C25H21FN2O2/c1-16-13-23(26)17(14-24(16)27)7-6-12-28-25(29)30-15-22-20-10-4-2-8-18(20)19-9-3-5-11-21(19)22/h2-5,8-11,13-14,22H,12,15,27H2,1H3,(H,28,29). The summed E-state index contributed by atoms with van der Waals surface area (Å²) >= 11 is 0. The van der Waals surface area contributed by atoms with Crippen LogP contribution >= 0.6 is 0 Å². The largest absolute Gasteiger partial charge is 0.449 e. The minimum Gasteiger partial charge on any atom is -0.449 e. The molecule has 5 heteroatoms. The molecule has 0 atom stereocenters. The van der Waals surface area contributed by atoms with E-state index in [0.717, 1.165) is 11.1 Å². The van der Waals surface area contributed by atoms with Gasteiger partial charge in [0.15, 0.2) is 0 Å². The van der Waals surface area contributed by atoms with E-state index in [-0.39, 0.29) is 24.6 Å². The fourth-order valence-electron chi connectivity index (χ4n) is 3.69. The lowest BCUT2D eigenvalue weighted by molar-refractivity contribution is 0.144. The summed E-state index contributed by atoms with van der Waals surface area (Å²) in [6.07, 6.45) is -0.560. The van der Waals surface area contributed by atoms with Crippen LogP contribution in [0.25, 0.3) is 11.1 Å². The van der Waals surface area contributed by atoms with Gasteiger partial charge in [-0.2, -0.15) is 0 Å². The van der Waals surface area contributed by atoms with E-state index in [9.17, 15) is 9.18 Å². The number of carbonyl (C=O) groups is 1. The highest BCUT2D eigenvalue weighted by atomic mass is 19.1. The zero-order valence-corrected chi connectivity index (χ0v) is 16.5. The summed E-state index contributed by atoms with van der Waals surface area (Å²) in [5.74, 6) is 4.97. The van der Waals surface area contributed by atoms with Crippen LogP contribution in [0.2, 0.25) is 0 Å². The lowest BCUT2D eigenvalue weighted by Crippen LogP contribution is -2.26. The molecular weight excluding hydrogens is 379 g/mol. The summed E-state index contributed by atoms with van der Waals surface area (Å²) in [6, 6.07) is 19.1. The van der Waals surface area contributed by atoms with Crippen molar-refractivity contribution in [2.24, 2.45) is 0 Å². The predicted molar refractivity (Wildman–Crippen MR) is 115 cm³/mol. The summed E-state index contributed by atoms with van der Waals surface area (Å²) < 4.78 is 19.3. The molecule has 0 unspecified atom stereocenters. The van der Waals surface area contributed by atoms with Crippen LogP contribution in [0.3, 0.4) is 0 Å². The van der Waals surface area contributed by atoms with Crippen molar-refractivity contribution in [2.45, 2.75) is 12.8 Å². The second kappa shape index (κ2) is 8.30. The van der Waals surface area contributed by atoms with Crippen molar-refractivity contribution in [3.8, 4) is 23.0 Å². The van der Waals surface area contributed by atoms with E-state index in [1.165, 1.54) is 23.3 Å². The number of carbonyl (C=O) groups excluding carboxylic acids is 1. The van der Waals surface area contributed by atoms with E-state index < -0.39 is 11.9 Å². The number of nitrogen functional groups attached to an aromatic ring is 1. The number of hydrogen-bond donors (Lipinski definition) is 2. The molecule has 0 aliphatic heterocycles. The number of alkyl carbamates (subject to hydrolysis) is 1. The van der Waals surface area contributed by atoms with Crippen LogP contribution in [0.4, 0.5) is 14.9 Å². The van der Waals surface area contributed by atoms with E-state index in [1.54, 1.807) is 6.92 Å². The Balaban J connectivity index is 1.36. The molecule has 0 saturated heterocycles. The molecule has 0 heterocycles. The number of nitrogens with two attached hydrogens (primary N) is 1. The van der Waals surface area contributed by atoms with Gasteiger partial charge in [0, 0.05) is 11.6 Å². The van der Waals surface area contributed by atoms with Gasteiger partial charge in [-0.05, 0) is 46.9 Å². The average Bonchev–Trinajstić information content (AvgIpc) is 3.07. The van der Waals surface area contributed by atoms with Gasteiger partial charge in [0.1, 0.15) is 12.4 Å². The molecule has 3 N–H and O–H groups in total. The molecule has 1 aliphatic carbocycles. The monoisotopic (exact) mass is 400 g/mol. The minimum absolute atomic E-state index is 0.00105. The van der Waals surface area contributed by atoms with Crippen LogP contribution < -0.4 is 11.1 Å². The first-order valence-corrected chi connectivity index (χ1v) is 9.68. The zero-order valence-electron chi connectivity index (χ0n) is 16.5. The highest BCUT2D eigenvalue weighted by molar-refractivity contribution is 5.79. The van der Waals surface area contributed by atoms with Crippen LogP contribution in [-0.4, -0.2) is 19.2 Å². The van der Waals surface area contributed by atoms with Crippen LogP contribution in [0.1, 0.15) is 28.2 Å². The van der Waals surface area contributed by atoms with Crippen molar-refractivity contribution in [3.05, 3.63) is 88.7 Å². The quantitative estimate of drug-likeness (QED) is 0.499. The smallest absolute Gasteiger partial charge is 0.407 e. The minimum atomic E-state index is -0.560. The molecule has 3 aromatic rings. The Bertz CT molecular complexity index is 1130. The highest BCUT2D eigenvalue weighted by Gasteiger charge is 2.28. The van der Waals surface area contributed by atoms with Crippen molar-refractivity contribution >= 4 is 11.8 Å². The van der Waals surface area contributed by atoms with Crippen LogP contribution in [-0.2, 0) is 4.74 Å². The molecule has 1 aliphatic rings. The molecule has 4 rings (SSSR count). The van der Waals surface area contributed by atoms with E-state index in [0.29, 0.717) is 11.3 Å². The Labute approximate surface area is 174 Å². The Kier molecular flexibility index (Phi) is 5.40. The van der Waals surface area contributed by atoms with Crippen molar-refractivity contribution in [2.75, 3.05) is 18.9 Å². The fraction of sp³-hybridized carbons (Fsp3) is 0.160. The summed E-state index contributed by atoms with van der Waals surface area (Å²) in [4.78, 5) is 12.1. The Morgan fingerprint density at radius 3 is 2.40 bits per heavy atom. The van der Waals surface area contributed by atoms with Gasteiger partial charge < -0.3 is 15.8 Å². The first-order chi connectivity index (χ1) is 14.5. The van der Waals surface area contributed by atoms with Gasteiger partial charge in [-0.25, -0.2) is 9.18 Å². The molecule has 0 saturated carbocycles. The maximum absolute atomic E-state index is 13.9. The topological polar surface area (TPSA) is 64.3 Å². The van der Waals surface area contributed by atoms with Crippen LogP contribution in [0.5, 0.6) is 0 Å². The number of aryl methyl sites for hydroxylation is 1. The number of hydrogen-bond acceptors (Lipinski definition) is 3. The first-order valence-electron chi connectivity index (χ1n) is 9.68. The van der Waals surface area contributed by atoms with Crippen molar-refractivity contribution in [1.82, 2.24) is 5.32 Å². The van der Waals surface area contributed by atoms with Gasteiger partial charge in [0.05, 0.1) is 12.1 Å². The van der Waals surface area contributed by atoms with Crippen LogP contribution in [0, 0.1) is 24.6 Å². The van der Waals surface area contributed by atoms with E-state index in [2.05, 4.69) is 41.4 Å². The number of ether oxygens (including phenoxy) is 1. The molecular formula is C25H21FN2O2. The van der Waals surface area contributed by atoms with E-state index in [4.69, 9.17) is 10.5 Å². The number of fused-ring (bicyclic) bond motifs is 3. The Hall–Kier alpha value is -3.78. The van der Waals surface area contributed by atoms with E-state index in [1.807, 2.05) is 24.3 Å². The second-order valence-electron chi connectivity index (χ2n) is 7.17. The van der Waals surface area contributed by atoms with Crippen LogP contribution in [0.15, 0.2) is 60.7 Å².